The summed E-state index contributed by atoms with van der Waals surface area (Å²) in [4.78, 5) is 10.6. The van der Waals surface area contributed by atoms with Gasteiger partial charge in [-0.05, 0) is 47.9 Å². The van der Waals surface area contributed by atoms with Crippen LogP contribution in [0.3, 0.4) is 0 Å². The van der Waals surface area contributed by atoms with Crippen LogP contribution in [0.5, 0.6) is 5.75 Å². The molecule has 0 spiro atoms. The minimum atomic E-state index is -1.05. The van der Waals surface area contributed by atoms with Gasteiger partial charge in [0.05, 0.1) is 22.6 Å². The highest BCUT2D eigenvalue weighted by Gasteiger charge is 2.13. The van der Waals surface area contributed by atoms with E-state index in [4.69, 9.17) is 33.0 Å². The van der Waals surface area contributed by atoms with E-state index >= 15 is 0 Å². The number of benzene rings is 2. The number of hydrogen-bond acceptors (Lipinski definition) is 3. The second-order valence-electron chi connectivity index (χ2n) is 5.18. The molecule has 0 aliphatic heterocycles. The number of halogens is 2. The lowest BCUT2D eigenvalue weighted by atomic mass is 10.0. The lowest BCUT2D eigenvalue weighted by Crippen LogP contribution is -2.06. The van der Waals surface area contributed by atoms with Crippen LogP contribution in [0.1, 0.15) is 29.2 Å². The summed E-state index contributed by atoms with van der Waals surface area (Å²) in [5, 5.41) is 19.5. The summed E-state index contributed by atoms with van der Waals surface area (Å²) >= 11 is 11.8. The van der Waals surface area contributed by atoms with Crippen molar-refractivity contribution in [3.05, 3.63) is 63.1 Å². The average Bonchev–Trinajstić information content (AvgIpc) is 2.48. The second-order valence-corrected chi connectivity index (χ2v) is 5.99. The minimum Gasteiger partial charge on any atom is -0.489 e. The molecule has 4 nitrogen and oxygen atoms in total. The Hall–Kier alpha value is -1.75. The maximum Gasteiger partial charge on any atom is 0.306 e. The van der Waals surface area contributed by atoms with Crippen molar-refractivity contribution in [3.8, 4) is 5.75 Å². The molecule has 0 aliphatic rings. The Kier molecular flexibility index (Phi) is 5.88. The zero-order chi connectivity index (χ0) is 17.0. The summed E-state index contributed by atoms with van der Waals surface area (Å²) in [5.41, 5.74) is 2.24. The van der Waals surface area contributed by atoms with Crippen LogP contribution < -0.4 is 4.74 Å². The SMILES string of the molecule is Cc1cc(C(O)CC(=O)O)ccc1OCc1ccc(Cl)c(Cl)c1. The van der Waals surface area contributed by atoms with Crippen LogP contribution in [0.4, 0.5) is 0 Å². The fourth-order valence-electron chi connectivity index (χ4n) is 2.12. The highest BCUT2D eigenvalue weighted by molar-refractivity contribution is 6.42. The summed E-state index contributed by atoms with van der Waals surface area (Å²) in [6.45, 7) is 2.16. The molecular weight excluding hydrogens is 339 g/mol. The zero-order valence-electron chi connectivity index (χ0n) is 12.4. The first-order valence-electron chi connectivity index (χ1n) is 6.94. The number of hydrogen-bond donors (Lipinski definition) is 2. The van der Waals surface area contributed by atoms with Crippen molar-refractivity contribution in [3.63, 3.8) is 0 Å². The molecule has 122 valence electrons. The van der Waals surface area contributed by atoms with Crippen molar-refractivity contribution in [1.29, 1.82) is 0 Å². The number of aryl methyl sites for hydroxylation is 1. The fraction of sp³-hybridized carbons (Fsp3) is 0.235. The van der Waals surface area contributed by atoms with E-state index in [-0.39, 0.29) is 6.42 Å². The van der Waals surface area contributed by atoms with Gasteiger partial charge in [-0.1, -0.05) is 35.3 Å². The number of carboxylic acid groups (broad SMARTS) is 1. The molecule has 2 rings (SSSR count). The normalized spacial score (nSPS) is 12.0. The van der Waals surface area contributed by atoms with Crippen molar-refractivity contribution in [2.75, 3.05) is 0 Å². The number of carboxylic acids is 1. The van der Waals surface area contributed by atoms with Crippen LogP contribution >= 0.6 is 23.2 Å². The fourth-order valence-corrected chi connectivity index (χ4v) is 2.44. The number of aliphatic hydroxyl groups is 1. The van der Waals surface area contributed by atoms with Gasteiger partial charge in [0.1, 0.15) is 12.4 Å². The smallest absolute Gasteiger partial charge is 0.306 e. The molecule has 0 saturated heterocycles. The van der Waals surface area contributed by atoms with E-state index in [0.29, 0.717) is 28.0 Å². The van der Waals surface area contributed by atoms with E-state index in [1.54, 1.807) is 30.3 Å². The third-order valence-corrected chi connectivity index (χ3v) is 4.07. The Labute approximate surface area is 144 Å². The summed E-state index contributed by atoms with van der Waals surface area (Å²) in [6.07, 6.45) is -1.36. The Bertz CT molecular complexity index is 716. The standard InChI is InChI=1S/C17H16Cl2O4/c1-10-6-12(15(20)8-17(21)22)3-5-16(10)23-9-11-2-4-13(18)14(19)7-11/h2-7,15,20H,8-9H2,1H3,(H,21,22). The molecule has 2 N–H and O–H groups in total. The summed E-state index contributed by atoms with van der Waals surface area (Å²) in [7, 11) is 0. The molecular formula is C17H16Cl2O4. The van der Waals surface area contributed by atoms with Crippen LogP contribution in [0.25, 0.3) is 0 Å². The quantitative estimate of drug-likeness (QED) is 0.807. The summed E-state index contributed by atoms with van der Waals surface area (Å²) in [5.74, 6) is -0.391. The predicted molar refractivity (Wildman–Crippen MR) is 89.2 cm³/mol. The molecule has 1 atom stereocenters. The van der Waals surface area contributed by atoms with Crippen molar-refractivity contribution in [2.24, 2.45) is 0 Å². The Morgan fingerprint density at radius 1 is 1.17 bits per heavy atom. The van der Waals surface area contributed by atoms with Gasteiger partial charge >= 0.3 is 5.97 Å². The van der Waals surface area contributed by atoms with Gasteiger partial charge in [-0.25, -0.2) is 0 Å². The number of carbonyl (C=O) groups is 1. The third-order valence-electron chi connectivity index (χ3n) is 3.33. The molecule has 0 heterocycles. The van der Waals surface area contributed by atoms with E-state index in [1.807, 2.05) is 13.0 Å². The van der Waals surface area contributed by atoms with Crippen molar-refractivity contribution < 1.29 is 19.7 Å². The van der Waals surface area contributed by atoms with E-state index in [1.165, 1.54) is 0 Å². The summed E-state index contributed by atoms with van der Waals surface area (Å²) < 4.78 is 5.73. The average molecular weight is 355 g/mol. The molecule has 0 saturated carbocycles. The lowest BCUT2D eigenvalue weighted by Gasteiger charge is -2.13. The molecule has 0 fully saturated rings. The molecule has 0 aliphatic carbocycles. The monoisotopic (exact) mass is 354 g/mol. The number of rotatable bonds is 6. The molecule has 6 heteroatoms. The molecule has 2 aromatic rings. The van der Waals surface area contributed by atoms with Crippen LogP contribution in [-0.2, 0) is 11.4 Å². The van der Waals surface area contributed by atoms with Crippen LogP contribution in [0.2, 0.25) is 10.0 Å². The van der Waals surface area contributed by atoms with Crippen LogP contribution in [0.15, 0.2) is 36.4 Å². The van der Waals surface area contributed by atoms with Gasteiger partial charge < -0.3 is 14.9 Å². The molecule has 1 unspecified atom stereocenters. The number of aliphatic carboxylic acids is 1. The van der Waals surface area contributed by atoms with Gasteiger partial charge in [-0.3, -0.25) is 4.79 Å². The Morgan fingerprint density at radius 2 is 1.91 bits per heavy atom. The summed E-state index contributed by atoms with van der Waals surface area (Å²) in [6, 6.07) is 10.4. The first-order valence-corrected chi connectivity index (χ1v) is 7.69. The van der Waals surface area contributed by atoms with Gasteiger partial charge in [0, 0.05) is 0 Å². The highest BCUT2D eigenvalue weighted by atomic mass is 35.5. The maximum atomic E-state index is 10.6. The van der Waals surface area contributed by atoms with E-state index in [2.05, 4.69) is 0 Å². The van der Waals surface area contributed by atoms with E-state index in [0.717, 1.165) is 11.1 Å². The van der Waals surface area contributed by atoms with Gasteiger partial charge in [0.2, 0.25) is 0 Å². The molecule has 0 aromatic heterocycles. The van der Waals surface area contributed by atoms with Crippen LogP contribution in [-0.4, -0.2) is 16.2 Å². The Balaban J connectivity index is 2.06. The Morgan fingerprint density at radius 3 is 2.52 bits per heavy atom. The highest BCUT2D eigenvalue weighted by Crippen LogP contribution is 2.26. The topological polar surface area (TPSA) is 66.8 Å². The lowest BCUT2D eigenvalue weighted by molar-refractivity contribution is -0.139. The van der Waals surface area contributed by atoms with E-state index in [9.17, 15) is 9.90 Å². The van der Waals surface area contributed by atoms with Crippen molar-refractivity contribution in [2.45, 2.75) is 26.1 Å². The molecule has 0 radical (unpaired) electrons. The second kappa shape index (κ2) is 7.68. The minimum absolute atomic E-state index is 0.328. The van der Waals surface area contributed by atoms with Crippen molar-refractivity contribution >= 4 is 29.2 Å². The molecule has 0 bridgehead atoms. The molecule has 23 heavy (non-hydrogen) atoms. The maximum absolute atomic E-state index is 10.6. The van der Waals surface area contributed by atoms with Gasteiger partial charge in [0.15, 0.2) is 0 Å². The van der Waals surface area contributed by atoms with Gasteiger partial charge in [-0.2, -0.15) is 0 Å². The number of ether oxygens (including phenoxy) is 1. The first kappa shape index (κ1) is 17.6. The molecule has 0 amide bonds. The predicted octanol–water partition coefficient (Wildman–Crippen LogP) is 4.39. The number of aliphatic hydroxyl groups excluding tert-OH is 1. The largest absolute Gasteiger partial charge is 0.489 e. The molecule has 2 aromatic carbocycles. The first-order chi connectivity index (χ1) is 10.9. The van der Waals surface area contributed by atoms with Gasteiger partial charge in [0.25, 0.3) is 0 Å². The third kappa shape index (κ3) is 4.86. The van der Waals surface area contributed by atoms with E-state index < -0.39 is 12.1 Å². The van der Waals surface area contributed by atoms with Gasteiger partial charge in [-0.15, -0.1) is 0 Å². The zero-order valence-corrected chi connectivity index (χ0v) is 13.9. The van der Waals surface area contributed by atoms with Crippen LogP contribution in [0, 0.1) is 6.92 Å². The van der Waals surface area contributed by atoms with Crippen molar-refractivity contribution in [1.82, 2.24) is 0 Å².